The highest BCUT2D eigenvalue weighted by Crippen LogP contribution is 2.38. The maximum absolute atomic E-state index is 2.41. The van der Waals surface area contributed by atoms with Gasteiger partial charge in [0.25, 0.3) is 0 Å². The van der Waals surface area contributed by atoms with Gasteiger partial charge in [-0.2, -0.15) is 0 Å². The molecule has 2 rings (SSSR count). The lowest BCUT2D eigenvalue weighted by atomic mass is 9.75. The highest BCUT2D eigenvalue weighted by atomic mass is 14.3. The molecule has 1 fully saturated rings. The Balaban J connectivity index is 2.38. The van der Waals surface area contributed by atoms with Gasteiger partial charge >= 0.3 is 0 Å². The normalized spacial score (nSPS) is 18.4. The monoisotopic (exact) mass is 230 g/mol. The van der Waals surface area contributed by atoms with Crippen molar-refractivity contribution >= 4 is 0 Å². The zero-order valence-corrected chi connectivity index (χ0v) is 11.8. The summed E-state index contributed by atoms with van der Waals surface area (Å²) in [6.45, 7) is 9.23. The van der Waals surface area contributed by atoms with Gasteiger partial charge in [0.2, 0.25) is 0 Å². The summed E-state index contributed by atoms with van der Waals surface area (Å²) in [4.78, 5) is 0. The van der Waals surface area contributed by atoms with E-state index in [1.54, 1.807) is 11.1 Å². The molecule has 0 heteroatoms. The molecule has 0 N–H and O–H groups in total. The third-order valence-electron chi connectivity index (χ3n) is 4.06. The summed E-state index contributed by atoms with van der Waals surface area (Å²) in [6.07, 6.45) is 7.07. The fourth-order valence-electron chi connectivity index (χ4n) is 3.09. The maximum Gasteiger partial charge on any atom is -0.0129 e. The van der Waals surface area contributed by atoms with Crippen LogP contribution in [0.15, 0.2) is 18.2 Å². The van der Waals surface area contributed by atoms with Crippen LogP contribution in [0.5, 0.6) is 0 Å². The van der Waals surface area contributed by atoms with Crippen LogP contribution in [0.2, 0.25) is 0 Å². The lowest BCUT2D eigenvalue weighted by molar-refractivity contribution is 0.435. The Morgan fingerprint density at radius 3 is 2.24 bits per heavy atom. The lowest BCUT2D eigenvalue weighted by Gasteiger charge is -2.30. The van der Waals surface area contributed by atoms with Crippen LogP contribution in [0.1, 0.15) is 75.5 Å². The molecule has 0 aliphatic heterocycles. The molecular weight excluding hydrogens is 204 g/mol. The van der Waals surface area contributed by atoms with Crippen LogP contribution in [0, 0.1) is 6.92 Å². The second-order valence-electron chi connectivity index (χ2n) is 6.68. The molecule has 0 bridgehead atoms. The Bertz CT molecular complexity index is 376. The summed E-state index contributed by atoms with van der Waals surface area (Å²) >= 11 is 0. The summed E-state index contributed by atoms with van der Waals surface area (Å²) in [5.74, 6) is 0.818. The average Bonchev–Trinajstić information content (AvgIpc) is 2.29. The molecule has 1 aromatic carbocycles. The molecular formula is C17H26. The minimum Gasteiger partial charge on any atom is -0.0590 e. The van der Waals surface area contributed by atoms with Crippen molar-refractivity contribution in [3.8, 4) is 0 Å². The third-order valence-corrected chi connectivity index (χ3v) is 4.06. The van der Waals surface area contributed by atoms with Crippen molar-refractivity contribution in [1.29, 1.82) is 0 Å². The molecule has 0 heterocycles. The van der Waals surface area contributed by atoms with Gasteiger partial charge in [0.1, 0.15) is 0 Å². The molecule has 0 unspecified atom stereocenters. The molecule has 0 aromatic heterocycles. The standard InChI is InChI=1S/C17H26/c1-13-10-11-15(14-8-6-5-7-9-14)16(12-13)17(2,3)4/h10-12,14H,5-9H2,1-4H3. The first-order valence-electron chi connectivity index (χ1n) is 7.09. The fraction of sp³-hybridized carbons (Fsp3) is 0.647. The summed E-state index contributed by atoms with van der Waals surface area (Å²) < 4.78 is 0. The van der Waals surface area contributed by atoms with Crippen molar-refractivity contribution in [3.63, 3.8) is 0 Å². The number of aryl methyl sites for hydroxylation is 1. The predicted octanol–water partition coefficient (Wildman–Crippen LogP) is 5.34. The molecule has 0 atom stereocenters. The smallest absolute Gasteiger partial charge is 0.0129 e. The van der Waals surface area contributed by atoms with E-state index < -0.39 is 0 Å². The first kappa shape index (κ1) is 12.7. The molecule has 1 aromatic rings. The Morgan fingerprint density at radius 2 is 1.65 bits per heavy atom. The first-order valence-corrected chi connectivity index (χ1v) is 7.09. The van der Waals surface area contributed by atoms with E-state index in [2.05, 4.69) is 45.9 Å². The van der Waals surface area contributed by atoms with Crippen molar-refractivity contribution in [2.75, 3.05) is 0 Å². The van der Waals surface area contributed by atoms with Crippen LogP contribution in [-0.4, -0.2) is 0 Å². The summed E-state index contributed by atoms with van der Waals surface area (Å²) in [5.41, 5.74) is 4.88. The molecule has 0 amide bonds. The van der Waals surface area contributed by atoms with E-state index in [0.717, 1.165) is 5.92 Å². The van der Waals surface area contributed by atoms with Crippen molar-refractivity contribution in [1.82, 2.24) is 0 Å². The van der Waals surface area contributed by atoms with E-state index in [9.17, 15) is 0 Å². The van der Waals surface area contributed by atoms with Gasteiger partial charge in [-0.25, -0.2) is 0 Å². The van der Waals surface area contributed by atoms with Gasteiger partial charge in [-0.15, -0.1) is 0 Å². The Kier molecular flexibility index (Phi) is 3.61. The second kappa shape index (κ2) is 4.84. The minimum atomic E-state index is 0.277. The number of hydrogen-bond donors (Lipinski definition) is 0. The summed E-state index contributed by atoms with van der Waals surface area (Å²) in [7, 11) is 0. The molecule has 94 valence electrons. The minimum absolute atomic E-state index is 0.277. The molecule has 0 saturated heterocycles. The Hall–Kier alpha value is -0.780. The van der Waals surface area contributed by atoms with Gasteiger partial charge in [0.15, 0.2) is 0 Å². The average molecular weight is 230 g/mol. The van der Waals surface area contributed by atoms with Crippen LogP contribution >= 0.6 is 0 Å². The van der Waals surface area contributed by atoms with Crippen LogP contribution in [-0.2, 0) is 5.41 Å². The topological polar surface area (TPSA) is 0 Å². The number of rotatable bonds is 1. The van der Waals surface area contributed by atoms with Gasteiger partial charge in [0, 0.05) is 0 Å². The Labute approximate surface area is 106 Å². The quantitative estimate of drug-likeness (QED) is 0.611. The van der Waals surface area contributed by atoms with Crippen molar-refractivity contribution < 1.29 is 0 Å². The van der Waals surface area contributed by atoms with Gasteiger partial charge in [-0.1, -0.05) is 63.8 Å². The second-order valence-corrected chi connectivity index (χ2v) is 6.68. The lowest BCUT2D eigenvalue weighted by Crippen LogP contribution is -2.17. The van der Waals surface area contributed by atoms with E-state index in [4.69, 9.17) is 0 Å². The highest BCUT2D eigenvalue weighted by Gasteiger charge is 2.24. The van der Waals surface area contributed by atoms with E-state index >= 15 is 0 Å². The van der Waals surface area contributed by atoms with Gasteiger partial charge < -0.3 is 0 Å². The molecule has 0 radical (unpaired) electrons. The van der Waals surface area contributed by atoms with E-state index in [0.29, 0.717) is 0 Å². The van der Waals surface area contributed by atoms with Gasteiger partial charge in [-0.3, -0.25) is 0 Å². The number of hydrogen-bond acceptors (Lipinski definition) is 0. The summed E-state index contributed by atoms with van der Waals surface area (Å²) in [6, 6.07) is 7.09. The largest absolute Gasteiger partial charge is 0.0590 e. The molecule has 0 nitrogen and oxygen atoms in total. The van der Waals surface area contributed by atoms with Crippen LogP contribution < -0.4 is 0 Å². The third kappa shape index (κ3) is 2.91. The van der Waals surface area contributed by atoms with Crippen molar-refractivity contribution in [2.45, 2.75) is 71.1 Å². The number of benzene rings is 1. The van der Waals surface area contributed by atoms with Crippen LogP contribution in [0.25, 0.3) is 0 Å². The molecule has 17 heavy (non-hydrogen) atoms. The zero-order chi connectivity index (χ0) is 12.5. The predicted molar refractivity (Wildman–Crippen MR) is 75.7 cm³/mol. The molecule has 1 aliphatic rings. The van der Waals surface area contributed by atoms with Gasteiger partial charge in [-0.05, 0) is 42.2 Å². The molecule has 0 spiro atoms. The first-order chi connectivity index (χ1) is 7.98. The SMILES string of the molecule is Cc1ccc(C2CCCCC2)c(C(C)(C)C)c1. The fourth-order valence-corrected chi connectivity index (χ4v) is 3.09. The van der Waals surface area contributed by atoms with E-state index in [-0.39, 0.29) is 5.41 Å². The maximum atomic E-state index is 2.41. The summed E-state index contributed by atoms with van der Waals surface area (Å²) in [5, 5.41) is 0. The molecule has 1 aliphatic carbocycles. The van der Waals surface area contributed by atoms with E-state index in [1.165, 1.54) is 37.7 Å². The van der Waals surface area contributed by atoms with Gasteiger partial charge in [0.05, 0.1) is 0 Å². The van der Waals surface area contributed by atoms with Crippen LogP contribution in [0.3, 0.4) is 0 Å². The van der Waals surface area contributed by atoms with Crippen molar-refractivity contribution in [3.05, 3.63) is 34.9 Å². The van der Waals surface area contributed by atoms with Crippen molar-refractivity contribution in [2.24, 2.45) is 0 Å². The Morgan fingerprint density at radius 1 is 1.00 bits per heavy atom. The van der Waals surface area contributed by atoms with Crippen LogP contribution in [0.4, 0.5) is 0 Å². The molecule has 1 saturated carbocycles. The highest BCUT2D eigenvalue weighted by molar-refractivity contribution is 5.38. The van der Waals surface area contributed by atoms with E-state index in [1.807, 2.05) is 0 Å². The zero-order valence-electron chi connectivity index (χ0n) is 11.8.